The summed E-state index contributed by atoms with van der Waals surface area (Å²) in [5.41, 5.74) is 0. The van der Waals surface area contributed by atoms with Gasteiger partial charge in [-0.2, -0.15) is 0 Å². The average Bonchev–Trinajstić information content (AvgIpc) is 2.10. The molecule has 1 amide bonds. The molecule has 0 unspecified atom stereocenters. The lowest BCUT2D eigenvalue weighted by molar-refractivity contribution is -0.145. The predicted molar refractivity (Wildman–Crippen MR) is 49.1 cm³/mol. The van der Waals surface area contributed by atoms with E-state index in [0.29, 0.717) is 12.8 Å². The smallest absolute Gasteiger partial charge is 0.328 e. The minimum Gasteiger partial charge on any atom is -0.467 e. The highest BCUT2D eigenvalue weighted by Crippen LogP contribution is 1.99. The van der Waals surface area contributed by atoms with E-state index in [1.165, 1.54) is 14.0 Å². The fourth-order valence-corrected chi connectivity index (χ4v) is 0.921. The number of carbonyl (C=O) groups is 2. The van der Waals surface area contributed by atoms with Crippen LogP contribution in [0.4, 0.5) is 0 Å². The Morgan fingerprint density at radius 1 is 1.62 bits per heavy atom. The van der Waals surface area contributed by atoms with Crippen LogP contribution in [0.1, 0.15) is 19.8 Å². The number of esters is 1. The second-order valence-corrected chi connectivity index (χ2v) is 2.64. The largest absolute Gasteiger partial charge is 0.467 e. The van der Waals surface area contributed by atoms with Crippen LogP contribution in [0.5, 0.6) is 0 Å². The van der Waals surface area contributed by atoms with Crippen LogP contribution in [0, 0.1) is 0 Å². The van der Waals surface area contributed by atoms with Crippen molar-refractivity contribution in [1.29, 1.82) is 0 Å². The maximum Gasteiger partial charge on any atom is 0.328 e. The third kappa shape index (κ3) is 5.00. The molecule has 0 aliphatic rings. The maximum absolute atomic E-state index is 11.1. The van der Waals surface area contributed by atoms with Crippen LogP contribution in [0.2, 0.25) is 0 Å². The van der Waals surface area contributed by atoms with Gasteiger partial charge in [-0.15, -0.1) is 6.58 Å². The molecule has 1 atom stereocenters. The second-order valence-electron chi connectivity index (χ2n) is 2.64. The molecule has 74 valence electrons. The molecule has 1 N–H and O–H groups in total. The molecule has 0 fully saturated rings. The molecular weight excluding hydrogens is 170 g/mol. The summed E-state index contributed by atoms with van der Waals surface area (Å²) in [6, 6.07) is -0.555. The van der Waals surface area contributed by atoms with Gasteiger partial charge in [-0.1, -0.05) is 6.08 Å². The van der Waals surface area contributed by atoms with E-state index in [4.69, 9.17) is 0 Å². The van der Waals surface area contributed by atoms with Crippen molar-refractivity contribution in [2.75, 3.05) is 7.11 Å². The average molecular weight is 185 g/mol. The summed E-state index contributed by atoms with van der Waals surface area (Å²) in [6.45, 7) is 4.90. The lowest BCUT2D eigenvalue weighted by atomic mass is 10.1. The fraction of sp³-hybridized carbons (Fsp3) is 0.556. The molecular formula is C9H15NO3. The summed E-state index contributed by atoms with van der Waals surface area (Å²) >= 11 is 0. The molecule has 0 radical (unpaired) electrons. The van der Waals surface area contributed by atoms with E-state index >= 15 is 0 Å². The van der Waals surface area contributed by atoms with Gasteiger partial charge in [-0.05, 0) is 12.8 Å². The molecule has 0 aromatic heterocycles. The highest BCUT2D eigenvalue weighted by molar-refractivity contribution is 5.83. The van der Waals surface area contributed by atoms with Crippen molar-refractivity contribution >= 4 is 11.9 Å². The standard InChI is InChI=1S/C9H15NO3/c1-4-5-6-8(9(12)13-3)10-7(2)11/h4,8H,1,5-6H2,2-3H3,(H,10,11)/t8-/m0/s1. The fourth-order valence-electron chi connectivity index (χ4n) is 0.921. The first-order valence-corrected chi connectivity index (χ1v) is 4.07. The highest BCUT2D eigenvalue weighted by Gasteiger charge is 2.18. The SMILES string of the molecule is C=CCC[C@H](NC(C)=O)C(=O)OC. The molecule has 0 spiro atoms. The van der Waals surface area contributed by atoms with E-state index in [1.54, 1.807) is 6.08 Å². The van der Waals surface area contributed by atoms with Crippen molar-refractivity contribution in [1.82, 2.24) is 5.32 Å². The Balaban J connectivity index is 4.09. The Kier molecular flexibility index (Phi) is 5.59. The number of allylic oxidation sites excluding steroid dienone is 1. The van der Waals surface area contributed by atoms with Crippen molar-refractivity contribution in [3.8, 4) is 0 Å². The Morgan fingerprint density at radius 2 is 2.23 bits per heavy atom. The van der Waals surface area contributed by atoms with Crippen molar-refractivity contribution in [2.45, 2.75) is 25.8 Å². The Hall–Kier alpha value is -1.32. The lowest BCUT2D eigenvalue weighted by Crippen LogP contribution is -2.40. The first-order valence-electron chi connectivity index (χ1n) is 4.07. The van der Waals surface area contributed by atoms with Gasteiger partial charge in [0.15, 0.2) is 0 Å². The number of hydrogen-bond acceptors (Lipinski definition) is 3. The van der Waals surface area contributed by atoms with Crippen LogP contribution in [0.25, 0.3) is 0 Å². The molecule has 0 rings (SSSR count). The third-order valence-corrected chi connectivity index (χ3v) is 1.52. The normalized spacial score (nSPS) is 11.5. The van der Waals surface area contributed by atoms with Gasteiger partial charge < -0.3 is 10.1 Å². The van der Waals surface area contributed by atoms with Crippen LogP contribution < -0.4 is 5.32 Å². The zero-order chi connectivity index (χ0) is 10.3. The lowest BCUT2D eigenvalue weighted by Gasteiger charge is -2.13. The molecule has 0 bridgehead atoms. The van der Waals surface area contributed by atoms with Crippen LogP contribution in [-0.2, 0) is 14.3 Å². The topological polar surface area (TPSA) is 55.4 Å². The number of nitrogens with one attached hydrogen (secondary N) is 1. The summed E-state index contributed by atoms with van der Waals surface area (Å²) in [5, 5.41) is 2.50. The quantitative estimate of drug-likeness (QED) is 0.505. The predicted octanol–water partition coefficient (Wildman–Crippen LogP) is 0.630. The van der Waals surface area contributed by atoms with E-state index in [-0.39, 0.29) is 5.91 Å². The van der Waals surface area contributed by atoms with Crippen molar-refractivity contribution in [3.63, 3.8) is 0 Å². The van der Waals surface area contributed by atoms with Gasteiger partial charge in [-0.25, -0.2) is 4.79 Å². The van der Waals surface area contributed by atoms with Gasteiger partial charge in [-0.3, -0.25) is 4.79 Å². The summed E-state index contributed by atoms with van der Waals surface area (Å²) in [6.07, 6.45) is 2.88. The molecule has 0 aromatic carbocycles. The number of amides is 1. The molecule has 4 heteroatoms. The zero-order valence-corrected chi connectivity index (χ0v) is 8.00. The van der Waals surface area contributed by atoms with Gasteiger partial charge in [0.25, 0.3) is 0 Å². The summed E-state index contributed by atoms with van der Waals surface area (Å²) in [5.74, 6) is -0.656. The summed E-state index contributed by atoms with van der Waals surface area (Å²) in [7, 11) is 1.30. The molecule has 0 saturated heterocycles. The Labute approximate surface area is 78.0 Å². The monoisotopic (exact) mass is 185 g/mol. The first kappa shape index (κ1) is 11.7. The van der Waals surface area contributed by atoms with Crippen LogP contribution in [-0.4, -0.2) is 25.0 Å². The van der Waals surface area contributed by atoms with Gasteiger partial charge in [0.2, 0.25) is 5.91 Å². The van der Waals surface area contributed by atoms with Gasteiger partial charge in [0.05, 0.1) is 7.11 Å². The van der Waals surface area contributed by atoms with Gasteiger partial charge >= 0.3 is 5.97 Å². The van der Waals surface area contributed by atoms with E-state index in [9.17, 15) is 9.59 Å². The van der Waals surface area contributed by atoms with Crippen molar-refractivity contribution in [2.24, 2.45) is 0 Å². The van der Waals surface area contributed by atoms with Crippen molar-refractivity contribution < 1.29 is 14.3 Å². The molecule has 0 aliphatic heterocycles. The summed E-state index contributed by atoms with van der Waals surface area (Å²) < 4.78 is 4.52. The molecule has 13 heavy (non-hydrogen) atoms. The van der Waals surface area contributed by atoms with E-state index in [1.807, 2.05) is 0 Å². The number of ether oxygens (including phenoxy) is 1. The minimum atomic E-state index is -0.555. The number of methoxy groups -OCH3 is 1. The first-order chi connectivity index (χ1) is 6.11. The molecule has 0 aromatic rings. The third-order valence-electron chi connectivity index (χ3n) is 1.52. The molecule has 0 aliphatic carbocycles. The van der Waals surface area contributed by atoms with E-state index < -0.39 is 12.0 Å². The van der Waals surface area contributed by atoms with Gasteiger partial charge in [0, 0.05) is 6.92 Å². The molecule has 0 saturated carbocycles. The summed E-state index contributed by atoms with van der Waals surface area (Å²) in [4.78, 5) is 21.8. The maximum atomic E-state index is 11.1. The number of hydrogen-bond donors (Lipinski definition) is 1. The molecule has 0 heterocycles. The zero-order valence-electron chi connectivity index (χ0n) is 8.00. The van der Waals surface area contributed by atoms with Crippen molar-refractivity contribution in [3.05, 3.63) is 12.7 Å². The van der Waals surface area contributed by atoms with Crippen LogP contribution in [0.15, 0.2) is 12.7 Å². The highest BCUT2D eigenvalue weighted by atomic mass is 16.5. The van der Waals surface area contributed by atoms with Crippen LogP contribution >= 0.6 is 0 Å². The molecule has 4 nitrogen and oxygen atoms in total. The van der Waals surface area contributed by atoms with E-state index in [0.717, 1.165) is 0 Å². The van der Waals surface area contributed by atoms with Gasteiger partial charge in [0.1, 0.15) is 6.04 Å². The number of carbonyl (C=O) groups excluding carboxylic acids is 2. The second kappa shape index (κ2) is 6.22. The Bertz CT molecular complexity index is 201. The van der Waals surface area contributed by atoms with E-state index in [2.05, 4.69) is 16.6 Å². The minimum absolute atomic E-state index is 0.237. The van der Waals surface area contributed by atoms with Crippen LogP contribution in [0.3, 0.4) is 0 Å². The Morgan fingerprint density at radius 3 is 2.62 bits per heavy atom. The number of rotatable bonds is 5.